The SMILES string of the molecule is CCCC(NC(=O)C(F)(F)F)C(N)(C(=O)OC(C)(C)C)c1ccc2c(c1)N=C(N)C(C)O2. The molecule has 0 spiro atoms. The lowest BCUT2D eigenvalue weighted by atomic mass is 9.80. The molecule has 0 bridgehead atoms. The predicted octanol–water partition coefficient (Wildman–Crippen LogP) is 2.80. The van der Waals surface area contributed by atoms with Gasteiger partial charge in [0, 0.05) is 0 Å². The van der Waals surface area contributed by atoms with Gasteiger partial charge in [0.15, 0.2) is 11.6 Å². The normalized spacial score (nSPS) is 19.0. The molecule has 11 heteroatoms. The molecule has 1 aromatic carbocycles. The van der Waals surface area contributed by atoms with E-state index < -0.39 is 41.3 Å². The molecule has 178 valence electrons. The van der Waals surface area contributed by atoms with Gasteiger partial charge in [-0.05, 0) is 51.8 Å². The van der Waals surface area contributed by atoms with Crippen LogP contribution in [-0.4, -0.2) is 41.6 Å². The number of amidine groups is 1. The summed E-state index contributed by atoms with van der Waals surface area (Å²) in [6, 6.07) is 2.92. The van der Waals surface area contributed by atoms with E-state index in [0.29, 0.717) is 12.2 Å². The van der Waals surface area contributed by atoms with Crippen LogP contribution in [0.25, 0.3) is 0 Å². The van der Waals surface area contributed by atoms with E-state index in [4.69, 9.17) is 20.9 Å². The average Bonchev–Trinajstić information content (AvgIpc) is 2.65. The Morgan fingerprint density at radius 2 is 1.91 bits per heavy atom. The Hall–Kier alpha value is -2.82. The summed E-state index contributed by atoms with van der Waals surface area (Å²) in [5.41, 5.74) is 9.57. The Morgan fingerprint density at radius 1 is 1.28 bits per heavy atom. The Balaban J connectivity index is 2.62. The number of aliphatic imine (C=N–C) groups is 1. The maximum Gasteiger partial charge on any atom is 0.471 e. The van der Waals surface area contributed by atoms with Gasteiger partial charge in [-0.2, -0.15) is 13.2 Å². The third-order valence-electron chi connectivity index (χ3n) is 4.83. The lowest BCUT2D eigenvalue weighted by Gasteiger charge is -2.38. The maximum atomic E-state index is 13.2. The number of fused-ring (bicyclic) bond motifs is 1. The zero-order valence-electron chi connectivity index (χ0n) is 18.7. The maximum absolute atomic E-state index is 13.2. The van der Waals surface area contributed by atoms with Crippen molar-refractivity contribution in [2.75, 3.05) is 0 Å². The highest BCUT2D eigenvalue weighted by Gasteiger charge is 2.50. The minimum Gasteiger partial charge on any atom is -0.481 e. The molecule has 1 aliphatic rings. The molecule has 32 heavy (non-hydrogen) atoms. The first-order chi connectivity index (χ1) is 14.6. The van der Waals surface area contributed by atoms with Gasteiger partial charge in [-0.1, -0.05) is 19.4 Å². The fraction of sp³-hybridized carbons (Fsp3) is 0.571. The standard InChI is InChI=1S/C21H29F3N4O4/c1-6-7-15(28-17(29)21(22,23)24)20(26,18(30)32-19(3,4)5)12-8-9-14-13(10-12)27-16(25)11(2)31-14/h8-11,15H,6-7,26H2,1-5H3,(H2,25,27)(H,28,29). The van der Waals surface area contributed by atoms with Crippen molar-refractivity contribution < 1.29 is 32.2 Å². The fourth-order valence-corrected chi connectivity index (χ4v) is 3.21. The van der Waals surface area contributed by atoms with Crippen molar-refractivity contribution in [1.29, 1.82) is 0 Å². The lowest BCUT2D eigenvalue weighted by molar-refractivity contribution is -0.176. The third kappa shape index (κ3) is 5.50. The lowest BCUT2D eigenvalue weighted by Crippen LogP contribution is -2.63. The Morgan fingerprint density at radius 3 is 2.44 bits per heavy atom. The van der Waals surface area contributed by atoms with Crippen LogP contribution in [-0.2, 0) is 19.9 Å². The van der Waals surface area contributed by atoms with E-state index in [-0.39, 0.29) is 23.5 Å². The van der Waals surface area contributed by atoms with E-state index in [1.54, 1.807) is 34.6 Å². The molecule has 1 amide bonds. The molecule has 2 rings (SSSR count). The summed E-state index contributed by atoms with van der Waals surface area (Å²) in [6.07, 6.45) is -5.31. The van der Waals surface area contributed by atoms with Gasteiger partial charge in [-0.3, -0.25) is 4.79 Å². The Bertz CT molecular complexity index is 911. The third-order valence-corrected chi connectivity index (χ3v) is 4.83. The summed E-state index contributed by atoms with van der Waals surface area (Å²) < 4.78 is 50.1. The number of nitrogens with two attached hydrogens (primary N) is 2. The minimum atomic E-state index is -5.15. The van der Waals surface area contributed by atoms with E-state index in [1.165, 1.54) is 18.2 Å². The summed E-state index contributed by atoms with van der Waals surface area (Å²) in [5.74, 6) is -2.64. The van der Waals surface area contributed by atoms with Gasteiger partial charge in [-0.25, -0.2) is 9.79 Å². The van der Waals surface area contributed by atoms with Crippen molar-refractivity contribution in [3.8, 4) is 5.75 Å². The molecule has 1 aromatic rings. The summed E-state index contributed by atoms with van der Waals surface area (Å²) >= 11 is 0. The molecule has 5 N–H and O–H groups in total. The number of ether oxygens (including phenoxy) is 2. The van der Waals surface area contributed by atoms with Crippen LogP contribution in [0.1, 0.15) is 53.0 Å². The smallest absolute Gasteiger partial charge is 0.471 e. The molecule has 0 saturated heterocycles. The number of hydrogen-bond acceptors (Lipinski definition) is 7. The number of benzene rings is 1. The van der Waals surface area contributed by atoms with Crippen molar-refractivity contribution in [1.82, 2.24) is 5.32 Å². The number of nitrogens with one attached hydrogen (secondary N) is 1. The summed E-state index contributed by atoms with van der Waals surface area (Å²) in [4.78, 5) is 29.2. The van der Waals surface area contributed by atoms with Crippen molar-refractivity contribution in [2.45, 2.75) is 76.9 Å². The number of amides is 1. The number of carbonyl (C=O) groups excluding carboxylic acids is 2. The van der Waals surface area contributed by atoms with E-state index in [2.05, 4.69) is 4.99 Å². The molecular weight excluding hydrogens is 429 g/mol. The summed E-state index contributed by atoms with van der Waals surface area (Å²) in [6.45, 7) is 8.19. The molecule has 1 aliphatic heterocycles. The number of alkyl halides is 3. The number of hydrogen-bond donors (Lipinski definition) is 3. The Kier molecular flexibility index (Phi) is 7.13. The molecular formula is C21H29F3N4O4. The van der Waals surface area contributed by atoms with Crippen LogP contribution >= 0.6 is 0 Å². The van der Waals surface area contributed by atoms with Gasteiger partial charge in [0.1, 0.15) is 22.9 Å². The highest BCUT2D eigenvalue weighted by atomic mass is 19.4. The highest BCUT2D eigenvalue weighted by Crippen LogP contribution is 2.38. The van der Waals surface area contributed by atoms with Gasteiger partial charge < -0.3 is 26.3 Å². The van der Waals surface area contributed by atoms with Gasteiger partial charge in [0.25, 0.3) is 0 Å². The molecule has 0 fully saturated rings. The van der Waals surface area contributed by atoms with Crippen LogP contribution in [0.5, 0.6) is 5.75 Å². The molecule has 3 unspecified atom stereocenters. The average molecular weight is 458 g/mol. The second-order valence-corrected chi connectivity index (χ2v) is 8.66. The summed E-state index contributed by atoms with van der Waals surface area (Å²) in [5, 5.41) is 1.88. The van der Waals surface area contributed by atoms with Gasteiger partial charge >= 0.3 is 18.1 Å². The van der Waals surface area contributed by atoms with Crippen LogP contribution in [0.2, 0.25) is 0 Å². The first-order valence-electron chi connectivity index (χ1n) is 10.1. The molecule has 8 nitrogen and oxygen atoms in total. The molecule has 0 radical (unpaired) electrons. The zero-order valence-corrected chi connectivity index (χ0v) is 18.7. The van der Waals surface area contributed by atoms with Crippen LogP contribution < -0.4 is 21.5 Å². The van der Waals surface area contributed by atoms with Gasteiger partial charge in [0.2, 0.25) is 0 Å². The topological polar surface area (TPSA) is 129 Å². The van der Waals surface area contributed by atoms with Crippen LogP contribution in [0, 0.1) is 0 Å². The molecule has 1 heterocycles. The quantitative estimate of drug-likeness (QED) is 0.562. The molecule has 0 aliphatic carbocycles. The second-order valence-electron chi connectivity index (χ2n) is 8.66. The van der Waals surface area contributed by atoms with E-state index in [0.717, 1.165) is 0 Å². The number of rotatable bonds is 6. The number of nitrogens with zero attached hydrogens (tertiary/aromatic N) is 1. The van der Waals surface area contributed by atoms with Crippen LogP contribution in [0.3, 0.4) is 0 Å². The number of esters is 1. The van der Waals surface area contributed by atoms with Crippen molar-refractivity contribution in [3.05, 3.63) is 23.8 Å². The zero-order chi connectivity index (χ0) is 24.5. The fourth-order valence-electron chi connectivity index (χ4n) is 3.21. The summed E-state index contributed by atoms with van der Waals surface area (Å²) in [7, 11) is 0. The first kappa shape index (κ1) is 25.4. The van der Waals surface area contributed by atoms with Crippen molar-refractivity contribution in [2.24, 2.45) is 16.5 Å². The number of halogens is 3. The van der Waals surface area contributed by atoms with Crippen molar-refractivity contribution >= 4 is 23.4 Å². The van der Waals surface area contributed by atoms with Gasteiger partial charge in [0.05, 0.1) is 6.04 Å². The second kappa shape index (κ2) is 8.97. The molecule has 3 atom stereocenters. The molecule has 0 aromatic heterocycles. The number of carbonyl (C=O) groups is 2. The largest absolute Gasteiger partial charge is 0.481 e. The highest BCUT2D eigenvalue weighted by molar-refractivity contribution is 5.91. The Labute approximate surface area is 184 Å². The monoisotopic (exact) mass is 458 g/mol. The van der Waals surface area contributed by atoms with E-state index in [1.807, 2.05) is 5.32 Å². The van der Waals surface area contributed by atoms with Crippen LogP contribution in [0.15, 0.2) is 23.2 Å². The van der Waals surface area contributed by atoms with Gasteiger partial charge in [-0.15, -0.1) is 0 Å². The van der Waals surface area contributed by atoms with Crippen molar-refractivity contribution in [3.63, 3.8) is 0 Å². The first-order valence-corrected chi connectivity index (χ1v) is 10.1. The van der Waals surface area contributed by atoms with E-state index in [9.17, 15) is 22.8 Å². The molecule has 0 saturated carbocycles. The van der Waals surface area contributed by atoms with Crippen LogP contribution in [0.4, 0.5) is 18.9 Å². The van der Waals surface area contributed by atoms with E-state index >= 15 is 0 Å². The predicted molar refractivity (Wildman–Crippen MR) is 112 cm³/mol. The minimum absolute atomic E-state index is 0.0202.